The van der Waals surface area contributed by atoms with E-state index in [2.05, 4.69) is 38.8 Å². The van der Waals surface area contributed by atoms with E-state index in [0.717, 1.165) is 6.42 Å². The van der Waals surface area contributed by atoms with Crippen LogP contribution < -0.4 is 4.74 Å². The van der Waals surface area contributed by atoms with Crippen molar-refractivity contribution in [2.75, 3.05) is 6.61 Å². The largest absolute Gasteiger partial charge is 0.491 e. The predicted octanol–water partition coefficient (Wildman–Crippen LogP) is 5.42. The second-order valence-corrected chi connectivity index (χ2v) is 13.6. The van der Waals surface area contributed by atoms with Crippen LogP contribution in [0.15, 0.2) is 30.5 Å². The van der Waals surface area contributed by atoms with Gasteiger partial charge in [0, 0.05) is 12.3 Å². The number of non-ortho nitro benzene ring substituents is 1. The van der Waals surface area contributed by atoms with Gasteiger partial charge in [-0.1, -0.05) is 39.9 Å². The maximum atomic E-state index is 11.1. The first-order valence-corrected chi connectivity index (χ1v) is 11.5. The lowest BCUT2D eigenvalue weighted by Crippen LogP contribution is -2.37. The van der Waals surface area contributed by atoms with Crippen molar-refractivity contribution >= 4 is 24.7 Å². The van der Waals surface area contributed by atoms with Crippen LogP contribution in [0.25, 0.3) is 10.9 Å². The van der Waals surface area contributed by atoms with E-state index in [1.165, 1.54) is 12.1 Å². The third-order valence-corrected chi connectivity index (χ3v) is 10.8. The molecule has 2 aromatic rings. The van der Waals surface area contributed by atoms with Gasteiger partial charge in [0.05, 0.1) is 25.0 Å². The first-order valence-electron chi connectivity index (χ1n) is 8.28. The van der Waals surface area contributed by atoms with E-state index in [1.54, 1.807) is 24.4 Å². The molecule has 0 amide bonds. The lowest BCUT2D eigenvalue weighted by atomic mass is 10.1. The normalized spacial score (nSPS) is 12.4. The van der Waals surface area contributed by atoms with Gasteiger partial charge < -0.3 is 4.74 Å². The van der Waals surface area contributed by atoms with E-state index in [9.17, 15) is 10.1 Å². The second kappa shape index (κ2) is 6.89. The Morgan fingerprint density at radius 2 is 1.96 bits per heavy atom. The van der Waals surface area contributed by atoms with Crippen LogP contribution in [0.3, 0.4) is 0 Å². The highest BCUT2D eigenvalue weighted by atomic mass is 28.3. The summed E-state index contributed by atoms with van der Waals surface area (Å²) in [4.78, 5) is 15.0. The number of nitrogens with zero attached hydrogens (tertiary/aromatic N) is 2. The minimum absolute atomic E-state index is 0.0618. The van der Waals surface area contributed by atoms with Crippen LogP contribution in [0.2, 0.25) is 24.2 Å². The van der Waals surface area contributed by atoms with Gasteiger partial charge in [0.1, 0.15) is 11.3 Å². The van der Waals surface area contributed by atoms with Crippen molar-refractivity contribution in [1.82, 2.24) is 4.98 Å². The molecule has 2 rings (SSSR count). The Kier molecular flexibility index (Phi) is 5.28. The summed E-state index contributed by atoms with van der Waals surface area (Å²) in [6.07, 6.45) is 2.62. The molecule has 0 saturated carbocycles. The first-order chi connectivity index (χ1) is 11.1. The van der Waals surface area contributed by atoms with E-state index < -0.39 is 8.07 Å². The van der Waals surface area contributed by atoms with E-state index in [1.807, 2.05) is 0 Å². The fourth-order valence-electron chi connectivity index (χ4n) is 2.48. The zero-order valence-electron chi connectivity index (χ0n) is 15.1. The Labute approximate surface area is 144 Å². The Morgan fingerprint density at radius 1 is 1.25 bits per heavy atom. The topological polar surface area (TPSA) is 65.3 Å². The average molecular weight is 347 g/mol. The number of pyridine rings is 1. The molecule has 1 aromatic carbocycles. The summed E-state index contributed by atoms with van der Waals surface area (Å²) in [5.74, 6) is 0.617. The van der Waals surface area contributed by atoms with Gasteiger partial charge in [-0.3, -0.25) is 15.1 Å². The Bertz CT molecular complexity index is 739. The molecule has 1 heterocycles. The van der Waals surface area contributed by atoms with Gasteiger partial charge in [-0.15, -0.1) is 0 Å². The number of hydrogen-bond donors (Lipinski definition) is 0. The maximum absolute atomic E-state index is 11.1. The maximum Gasteiger partial charge on any atom is 0.279 e. The highest BCUT2D eigenvalue weighted by molar-refractivity contribution is 6.80. The number of nitro groups is 1. The molecule has 0 radical (unpaired) electrons. The molecular weight excluding hydrogens is 320 g/mol. The molecule has 0 atom stereocenters. The molecule has 0 N–H and O–H groups in total. The van der Waals surface area contributed by atoms with Gasteiger partial charge in [-0.25, -0.2) is 0 Å². The monoisotopic (exact) mass is 346 g/mol. The lowest BCUT2D eigenvalue weighted by molar-refractivity contribution is -0.383. The van der Waals surface area contributed by atoms with Crippen LogP contribution in [0.4, 0.5) is 5.69 Å². The first kappa shape index (κ1) is 18.4. The molecule has 0 spiro atoms. The van der Waals surface area contributed by atoms with Crippen LogP contribution in [-0.2, 0) is 0 Å². The summed E-state index contributed by atoms with van der Waals surface area (Å²) in [7, 11) is -1.31. The lowest BCUT2D eigenvalue weighted by Gasteiger charge is -2.37. The standard InChI is InChI=1S/C18H26N2O3Si/c1-18(2,3)24(4,5)13-7-12-23-16-10-9-15(20(21)22)14-8-6-11-19-17(14)16/h6,8-11H,7,12-13H2,1-5H3. The molecule has 0 aliphatic carbocycles. The number of nitro benzene ring substituents is 1. The Hall–Kier alpha value is -1.95. The van der Waals surface area contributed by atoms with Crippen LogP contribution in [0, 0.1) is 10.1 Å². The smallest absolute Gasteiger partial charge is 0.279 e. The molecule has 130 valence electrons. The molecule has 24 heavy (non-hydrogen) atoms. The van der Waals surface area contributed by atoms with E-state index >= 15 is 0 Å². The van der Waals surface area contributed by atoms with E-state index in [0.29, 0.717) is 28.3 Å². The molecular formula is C18H26N2O3Si. The Morgan fingerprint density at radius 3 is 2.58 bits per heavy atom. The summed E-state index contributed by atoms with van der Waals surface area (Å²) in [5, 5.41) is 12.0. The number of ether oxygens (including phenoxy) is 1. The van der Waals surface area contributed by atoms with Gasteiger partial charge in [0.25, 0.3) is 5.69 Å². The third kappa shape index (κ3) is 3.92. The van der Waals surface area contributed by atoms with Crippen molar-refractivity contribution in [2.45, 2.75) is 51.4 Å². The summed E-state index contributed by atoms with van der Waals surface area (Å²) in [6, 6.07) is 7.75. The predicted molar refractivity (Wildman–Crippen MR) is 101 cm³/mol. The van der Waals surface area contributed by atoms with Gasteiger partial charge in [0.15, 0.2) is 0 Å². The number of fused-ring (bicyclic) bond motifs is 1. The summed E-state index contributed by atoms with van der Waals surface area (Å²) in [5.41, 5.74) is 0.616. The van der Waals surface area contributed by atoms with Crippen molar-refractivity contribution in [1.29, 1.82) is 0 Å². The molecule has 5 nitrogen and oxygen atoms in total. The van der Waals surface area contributed by atoms with E-state index in [4.69, 9.17) is 4.74 Å². The van der Waals surface area contributed by atoms with Gasteiger partial charge in [-0.05, 0) is 29.7 Å². The van der Waals surface area contributed by atoms with Gasteiger partial charge in [-0.2, -0.15) is 0 Å². The molecule has 0 aliphatic heterocycles. The van der Waals surface area contributed by atoms with Crippen LogP contribution in [0.1, 0.15) is 27.2 Å². The highest BCUT2D eigenvalue weighted by Crippen LogP contribution is 2.39. The molecule has 1 aromatic heterocycles. The second-order valence-electron chi connectivity index (χ2n) is 7.83. The molecule has 6 heteroatoms. The van der Waals surface area contributed by atoms with E-state index in [-0.39, 0.29) is 10.6 Å². The van der Waals surface area contributed by atoms with Crippen molar-refractivity contribution < 1.29 is 9.66 Å². The molecule has 0 bridgehead atoms. The summed E-state index contributed by atoms with van der Waals surface area (Å²) < 4.78 is 5.90. The van der Waals surface area contributed by atoms with Gasteiger partial charge in [0.2, 0.25) is 0 Å². The summed E-state index contributed by atoms with van der Waals surface area (Å²) in [6.45, 7) is 12.4. The van der Waals surface area contributed by atoms with Gasteiger partial charge >= 0.3 is 0 Å². The molecule has 0 saturated heterocycles. The summed E-state index contributed by atoms with van der Waals surface area (Å²) >= 11 is 0. The van der Waals surface area contributed by atoms with Crippen LogP contribution >= 0.6 is 0 Å². The van der Waals surface area contributed by atoms with Crippen molar-refractivity contribution in [3.05, 3.63) is 40.6 Å². The van der Waals surface area contributed by atoms with Crippen molar-refractivity contribution in [3.8, 4) is 5.75 Å². The van der Waals surface area contributed by atoms with Crippen LogP contribution in [-0.4, -0.2) is 24.6 Å². The molecule has 0 aliphatic rings. The molecule has 0 fully saturated rings. The van der Waals surface area contributed by atoms with Crippen LogP contribution in [0.5, 0.6) is 5.75 Å². The Balaban J connectivity index is 2.09. The fourth-order valence-corrected chi connectivity index (χ4v) is 4.26. The third-order valence-electron chi connectivity index (χ3n) is 5.14. The zero-order chi connectivity index (χ0) is 18.0. The minimum atomic E-state index is -1.31. The van der Waals surface area contributed by atoms with Crippen molar-refractivity contribution in [3.63, 3.8) is 0 Å². The number of benzene rings is 1. The van der Waals surface area contributed by atoms with Crippen molar-refractivity contribution in [2.24, 2.45) is 0 Å². The fraction of sp³-hybridized carbons (Fsp3) is 0.500. The minimum Gasteiger partial charge on any atom is -0.491 e. The molecule has 0 unspecified atom stereocenters. The number of aromatic nitrogens is 1. The SMILES string of the molecule is CC(C)(C)[Si](C)(C)CCCOc1ccc([N+](=O)[O-])c2cccnc12. The quantitative estimate of drug-likeness (QED) is 0.303. The number of hydrogen-bond acceptors (Lipinski definition) is 4. The average Bonchev–Trinajstić information content (AvgIpc) is 2.50. The number of rotatable bonds is 6. The zero-order valence-corrected chi connectivity index (χ0v) is 16.1. The highest BCUT2D eigenvalue weighted by Gasteiger charge is 2.34.